The first kappa shape index (κ1) is 14.9. The maximum atomic E-state index is 5.30. The third-order valence-corrected chi connectivity index (χ3v) is 2.99. The van der Waals surface area contributed by atoms with Crippen molar-refractivity contribution in [3.8, 4) is 0 Å². The first-order valence-electron chi connectivity index (χ1n) is 5.80. The molecule has 0 saturated heterocycles. The van der Waals surface area contributed by atoms with Gasteiger partial charge in [0.25, 0.3) is 0 Å². The Morgan fingerprint density at radius 3 is 2.07 bits per heavy atom. The lowest BCUT2D eigenvalue weighted by atomic mass is 9.99. The third-order valence-electron chi connectivity index (χ3n) is 2.99. The van der Waals surface area contributed by atoms with Gasteiger partial charge in [0.1, 0.15) is 0 Å². The molecule has 0 aromatic heterocycles. The summed E-state index contributed by atoms with van der Waals surface area (Å²) >= 11 is 0. The molecule has 0 aromatic rings. The van der Waals surface area contributed by atoms with Crippen molar-refractivity contribution in [2.45, 2.75) is 52.3 Å². The maximum Gasteiger partial charge on any atom is 0.0693 e. The summed E-state index contributed by atoms with van der Waals surface area (Å²) in [5.41, 5.74) is 0. The SMILES string of the molecule is COCCC(NC(C)C(C)OC)C(C)C. The van der Waals surface area contributed by atoms with Gasteiger partial charge in [-0.1, -0.05) is 13.8 Å². The predicted molar refractivity (Wildman–Crippen MR) is 64.2 cm³/mol. The van der Waals surface area contributed by atoms with E-state index in [1.807, 2.05) is 0 Å². The van der Waals surface area contributed by atoms with Gasteiger partial charge in [-0.3, -0.25) is 0 Å². The Morgan fingerprint density at radius 1 is 1.07 bits per heavy atom. The number of ether oxygens (including phenoxy) is 2. The second kappa shape index (κ2) is 8.08. The third kappa shape index (κ3) is 6.13. The van der Waals surface area contributed by atoms with Gasteiger partial charge in [0.2, 0.25) is 0 Å². The molecule has 0 aromatic carbocycles. The van der Waals surface area contributed by atoms with Crippen molar-refractivity contribution < 1.29 is 9.47 Å². The maximum absolute atomic E-state index is 5.30. The van der Waals surface area contributed by atoms with Crippen LogP contribution in [-0.2, 0) is 9.47 Å². The lowest BCUT2D eigenvalue weighted by Crippen LogP contribution is -2.45. The van der Waals surface area contributed by atoms with Crippen LogP contribution in [0.4, 0.5) is 0 Å². The molecule has 3 heteroatoms. The van der Waals surface area contributed by atoms with E-state index < -0.39 is 0 Å². The zero-order valence-corrected chi connectivity index (χ0v) is 11.0. The second-order valence-electron chi connectivity index (χ2n) is 4.53. The molecule has 0 aliphatic heterocycles. The summed E-state index contributed by atoms with van der Waals surface area (Å²) in [4.78, 5) is 0. The van der Waals surface area contributed by atoms with Gasteiger partial charge in [-0.05, 0) is 26.2 Å². The number of methoxy groups -OCH3 is 2. The van der Waals surface area contributed by atoms with Crippen LogP contribution in [0.15, 0.2) is 0 Å². The summed E-state index contributed by atoms with van der Waals surface area (Å²) < 4.78 is 10.4. The smallest absolute Gasteiger partial charge is 0.0693 e. The fraction of sp³-hybridized carbons (Fsp3) is 1.00. The molecule has 0 aliphatic carbocycles. The summed E-state index contributed by atoms with van der Waals surface area (Å²) in [7, 11) is 3.50. The molecular weight excluding hydrogens is 190 g/mol. The molecule has 3 unspecified atom stereocenters. The zero-order valence-electron chi connectivity index (χ0n) is 11.0. The average molecular weight is 217 g/mol. The van der Waals surface area contributed by atoms with Crippen LogP contribution in [0.5, 0.6) is 0 Å². The van der Waals surface area contributed by atoms with Gasteiger partial charge >= 0.3 is 0 Å². The molecule has 0 bridgehead atoms. The van der Waals surface area contributed by atoms with Gasteiger partial charge in [0.05, 0.1) is 6.10 Å². The first-order valence-corrected chi connectivity index (χ1v) is 5.80. The van der Waals surface area contributed by atoms with Gasteiger partial charge in [0, 0.05) is 32.9 Å². The van der Waals surface area contributed by atoms with Crippen molar-refractivity contribution in [3.05, 3.63) is 0 Å². The van der Waals surface area contributed by atoms with E-state index in [1.54, 1.807) is 14.2 Å². The summed E-state index contributed by atoms with van der Waals surface area (Å²) in [5.74, 6) is 0.617. The van der Waals surface area contributed by atoms with Crippen LogP contribution in [0, 0.1) is 5.92 Å². The summed E-state index contributed by atoms with van der Waals surface area (Å²) in [6.07, 6.45) is 1.29. The Kier molecular flexibility index (Phi) is 8.02. The van der Waals surface area contributed by atoms with E-state index in [-0.39, 0.29) is 6.10 Å². The summed E-state index contributed by atoms with van der Waals surface area (Å²) in [6, 6.07) is 0.872. The van der Waals surface area contributed by atoms with E-state index >= 15 is 0 Å². The molecule has 0 rings (SSSR count). The van der Waals surface area contributed by atoms with Gasteiger partial charge < -0.3 is 14.8 Å². The molecule has 0 radical (unpaired) electrons. The molecule has 3 nitrogen and oxygen atoms in total. The summed E-state index contributed by atoms with van der Waals surface area (Å²) in [6.45, 7) is 9.53. The highest BCUT2D eigenvalue weighted by atomic mass is 16.5. The van der Waals surface area contributed by atoms with E-state index in [1.165, 1.54) is 0 Å². The quantitative estimate of drug-likeness (QED) is 0.675. The fourth-order valence-electron chi connectivity index (χ4n) is 1.53. The second-order valence-corrected chi connectivity index (χ2v) is 4.53. The zero-order chi connectivity index (χ0) is 11.8. The predicted octanol–water partition coefficient (Wildman–Crippen LogP) is 2.06. The minimum atomic E-state index is 0.244. The molecule has 0 aliphatic rings. The van der Waals surface area contributed by atoms with Crippen LogP contribution >= 0.6 is 0 Å². The Hall–Kier alpha value is -0.120. The highest BCUT2D eigenvalue weighted by Gasteiger charge is 2.18. The van der Waals surface area contributed by atoms with Crippen molar-refractivity contribution in [1.82, 2.24) is 5.32 Å². The van der Waals surface area contributed by atoms with Crippen molar-refractivity contribution in [1.29, 1.82) is 0 Å². The van der Waals surface area contributed by atoms with Crippen LogP contribution in [0.3, 0.4) is 0 Å². The van der Waals surface area contributed by atoms with Crippen LogP contribution in [0.2, 0.25) is 0 Å². The van der Waals surface area contributed by atoms with Gasteiger partial charge in [0.15, 0.2) is 0 Å². The average Bonchev–Trinajstić information content (AvgIpc) is 2.22. The van der Waals surface area contributed by atoms with Crippen molar-refractivity contribution in [2.75, 3.05) is 20.8 Å². The topological polar surface area (TPSA) is 30.5 Å². The number of hydrogen-bond donors (Lipinski definition) is 1. The minimum Gasteiger partial charge on any atom is -0.385 e. The van der Waals surface area contributed by atoms with Crippen LogP contribution in [0.1, 0.15) is 34.1 Å². The standard InChI is InChI=1S/C12H27NO2/c1-9(2)12(7-8-14-5)13-10(3)11(4)15-6/h9-13H,7-8H2,1-6H3. The highest BCUT2D eigenvalue weighted by Crippen LogP contribution is 2.09. The molecule has 92 valence electrons. The minimum absolute atomic E-state index is 0.244. The molecule has 0 heterocycles. The van der Waals surface area contributed by atoms with Crippen LogP contribution in [0.25, 0.3) is 0 Å². The molecule has 15 heavy (non-hydrogen) atoms. The molecular formula is C12H27NO2. The summed E-state index contributed by atoms with van der Waals surface area (Å²) in [5, 5.41) is 3.60. The Bertz CT molecular complexity index is 151. The van der Waals surface area contributed by atoms with Crippen LogP contribution < -0.4 is 5.32 Å². The molecule has 0 saturated carbocycles. The van der Waals surface area contributed by atoms with Crippen molar-refractivity contribution >= 4 is 0 Å². The molecule has 0 spiro atoms. The van der Waals surface area contributed by atoms with E-state index in [9.17, 15) is 0 Å². The molecule has 3 atom stereocenters. The first-order chi connectivity index (χ1) is 7.02. The fourth-order valence-corrected chi connectivity index (χ4v) is 1.53. The number of nitrogens with one attached hydrogen (secondary N) is 1. The van der Waals surface area contributed by atoms with E-state index in [0.717, 1.165) is 13.0 Å². The molecule has 1 N–H and O–H groups in total. The van der Waals surface area contributed by atoms with Gasteiger partial charge in [-0.2, -0.15) is 0 Å². The monoisotopic (exact) mass is 217 g/mol. The van der Waals surface area contributed by atoms with Crippen molar-refractivity contribution in [2.24, 2.45) is 5.92 Å². The number of hydrogen-bond acceptors (Lipinski definition) is 3. The lowest BCUT2D eigenvalue weighted by molar-refractivity contribution is 0.0777. The van der Waals surface area contributed by atoms with Crippen LogP contribution in [-0.4, -0.2) is 39.0 Å². The van der Waals surface area contributed by atoms with E-state index in [2.05, 4.69) is 33.0 Å². The Morgan fingerprint density at radius 2 is 1.67 bits per heavy atom. The molecule has 0 fully saturated rings. The van der Waals surface area contributed by atoms with E-state index in [4.69, 9.17) is 9.47 Å². The van der Waals surface area contributed by atoms with Crippen molar-refractivity contribution in [3.63, 3.8) is 0 Å². The van der Waals surface area contributed by atoms with Gasteiger partial charge in [-0.15, -0.1) is 0 Å². The normalized spacial score (nSPS) is 17.8. The lowest BCUT2D eigenvalue weighted by Gasteiger charge is -2.29. The van der Waals surface area contributed by atoms with E-state index in [0.29, 0.717) is 18.0 Å². The Labute approximate surface area is 94.5 Å². The molecule has 0 amide bonds. The number of rotatable bonds is 8. The Balaban J connectivity index is 4.03. The highest BCUT2D eigenvalue weighted by molar-refractivity contribution is 4.77. The van der Waals surface area contributed by atoms with Gasteiger partial charge in [-0.25, -0.2) is 0 Å². The largest absolute Gasteiger partial charge is 0.385 e.